The minimum Gasteiger partial charge on any atom is -0.336 e. The number of carbonyl (C=O) groups is 1. The Morgan fingerprint density at radius 2 is 2.00 bits per heavy atom. The predicted octanol–water partition coefficient (Wildman–Crippen LogP) is 2.15. The maximum Gasteiger partial charge on any atom is 0.318 e. The molecule has 0 aromatic rings. The van der Waals surface area contributed by atoms with Gasteiger partial charge in [-0.2, -0.15) is 0 Å². The Labute approximate surface area is 79.6 Å². The highest BCUT2D eigenvalue weighted by Gasteiger charge is 2.06. The van der Waals surface area contributed by atoms with Crippen molar-refractivity contribution in [2.75, 3.05) is 0 Å². The monoisotopic (exact) mass is 182 g/mol. The van der Waals surface area contributed by atoms with Crippen LogP contribution in [0.5, 0.6) is 0 Å². The molecule has 1 aliphatic rings. The fourth-order valence-corrected chi connectivity index (χ4v) is 1.44. The standard InChI is InChI=1S/C10H18N2O/c1-8(2)12-10(13)11-7-9-5-3-4-6-9/h7-8H,3-6H2,1-2H3,(H2,11,12,13). The number of allylic oxidation sites excluding steroid dienone is 1. The average molecular weight is 182 g/mol. The number of nitrogens with one attached hydrogen (secondary N) is 2. The molecule has 3 heteroatoms. The van der Waals surface area contributed by atoms with Crippen LogP contribution < -0.4 is 10.6 Å². The van der Waals surface area contributed by atoms with Crippen LogP contribution in [0.15, 0.2) is 11.8 Å². The van der Waals surface area contributed by atoms with Gasteiger partial charge in [0.15, 0.2) is 0 Å². The summed E-state index contributed by atoms with van der Waals surface area (Å²) in [7, 11) is 0. The van der Waals surface area contributed by atoms with Crippen molar-refractivity contribution in [1.29, 1.82) is 0 Å². The van der Waals surface area contributed by atoms with Gasteiger partial charge in [-0.3, -0.25) is 0 Å². The van der Waals surface area contributed by atoms with Crippen molar-refractivity contribution < 1.29 is 4.79 Å². The Balaban J connectivity index is 2.24. The average Bonchev–Trinajstić information content (AvgIpc) is 2.51. The Morgan fingerprint density at radius 3 is 2.54 bits per heavy atom. The molecule has 1 rings (SSSR count). The van der Waals surface area contributed by atoms with E-state index in [0.29, 0.717) is 0 Å². The Hall–Kier alpha value is -0.990. The van der Waals surface area contributed by atoms with Gasteiger partial charge in [0.1, 0.15) is 0 Å². The summed E-state index contributed by atoms with van der Waals surface area (Å²) in [6.45, 7) is 3.89. The van der Waals surface area contributed by atoms with E-state index in [2.05, 4.69) is 10.6 Å². The summed E-state index contributed by atoms with van der Waals surface area (Å²) in [5.41, 5.74) is 1.36. The first-order chi connectivity index (χ1) is 6.18. The molecule has 0 unspecified atom stereocenters. The zero-order valence-corrected chi connectivity index (χ0v) is 8.39. The van der Waals surface area contributed by atoms with Crippen LogP contribution in [0, 0.1) is 0 Å². The third-order valence-corrected chi connectivity index (χ3v) is 2.07. The fraction of sp³-hybridized carbons (Fsp3) is 0.700. The fourth-order valence-electron chi connectivity index (χ4n) is 1.44. The van der Waals surface area contributed by atoms with Gasteiger partial charge in [0.2, 0.25) is 0 Å². The van der Waals surface area contributed by atoms with Gasteiger partial charge in [-0.1, -0.05) is 5.57 Å². The molecule has 0 spiro atoms. The summed E-state index contributed by atoms with van der Waals surface area (Å²) in [4.78, 5) is 11.1. The number of amides is 2. The number of carbonyl (C=O) groups excluding carboxylic acids is 1. The van der Waals surface area contributed by atoms with Gasteiger partial charge in [-0.15, -0.1) is 0 Å². The SMILES string of the molecule is CC(C)NC(=O)NC=C1CCCC1. The van der Waals surface area contributed by atoms with E-state index < -0.39 is 0 Å². The van der Waals surface area contributed by atoms with Crippen LogP contribution in [0.1, 0.15) is 39.5 Å². The van der Waals surface area contributed by atoms with Crippen molar-refractivity contribution in [3.05, 3.63) is 11.8 Å². The summed E-state index contributed by atoms with van der Waals surface area (Å²) in [6.07, 6.45) is 6.66. The van der Waals surface area contributed by atoms with Crippen LogP contribution in [-0.4, -0.2) is 12.1 Å². The molecule has 1 fully saturated rings. The highest BCUT2D eigenvalue weighted by molar-refractivity contribution is 5.75. The summed E-state index contributed by atoms with van der Waals surface area (Å²) in [6, 6.07) is 0.0939. The Morgan fingerprint density at radius 1 is 1.38 bits per heavy atom. The first-order valence-corrected chi connectivity index (χ1v) is 4.93. The minimum atomic E-state index is -0.102. The molecule has 13 heavy (non-hydrogen) atoms. The molecule has 2 amide bonds. The lowest BCUT2D eigenvalue weighted by atomic mass is 10.2. The number of hydrogen-bond acceptors (Lipinski definition) is 1. The lowest BCUT2D eigenvalue weighted by Gasteiger charge is -2.07. The molecular weight excluding hydrogens is 164 g/mol. The Bertz CT molecular complexity index is 201. The van der Waals surface area contributed by atoms with Crippen molar-refractivity contribution in [2.24, 2.45) is 0 Å². The largest absolute Gasteiger partial charge is 0.336 e. The molecule has 0 aromatic heterocycles. The summed E-state index contributed by atoms with van der Waals surface area (Å²) >= 11 is 0. The zero-order chi connectivity index (χ0) is 9.68. The van der Waals surface area contributed by atoms with Gasteiger partial charge in [-0.25, -0.2) is 4.79 Å². The number of rotatable bonds is 2. The highest BCUT2D eigenvalue weighted by atomic mass is 16.2. The maximum absolute atomic E-state index is 11.1. The molecule has 2 N–H and O–H groups in total. The molecule has 0 aromatic carbocycles. The second kappa shape index (κ2) is 4.90. The van der Waals surface area contributed by atoms with Gasteiger partial charge in [0, 0.05) is 12.2 Å². The second-order valence-corrected chi connectivity index (χ2v) is 3.78. The zero-order valence-electron chi connectivity index (χ0n) is 8.39. The van der Waals surface area contributed by atoms with Gasteiger partial charge < -0.3 is 10.6 Å². The van der Waals surface area contributed by atoms with Crippen LogP contribution >= 0.6 is 0 Å². The molecule has 1 aliphatic carbocycles. The van der Waals surface area contributed by atoms with Crippen LogP contribution in [0.3, 0.4) is 0 Å². The molecule has 0 bridgehead atoms. The molecule has 1 saturated carbocycles. The van der Waals surface area contributed by atoms with Gasteiger partial charge >= 0.3 is 6.03 Å². The van der Waals surface area contributed by atoms with Crippen LogP contribution in [-0.2, 0) is 0 Å². The number of urea groups is 1. The third kappa shape index (κ3) is 3.97. The van der Waals surface area contributed by atoms with Gasteiger partial charge in [-0.05, 0) is 39.5 Å². The van der Waals surface area contributed by atoms with E-state index in [1.54, 1.807) is 0 Å². The number of hydrogen-bond donors (Lipinski definition) is 2. The molecule has 0 aliphatic heterocycles. The predicted molar refractivity (Wildman–Crippen MR) is 53.4 cm³/mol. The molecule has 0 atom stereocenters. The quantitative estimate of drug-likeness (QED) is 0.675. The van der Waals surface area contributed by atoms with E-state index >= 15 is 0 Å². The van der Waals surface area contributed by atoms with Gasteiger partial charge in [0.05, 0.1) is 0 Å². The van der Waals surface area contributed by atoms with Crippen molar-refractivity contribution in [3.8, 4) is 0 Å². The molecule has 0 radical (unpaired) electrons. The van der Waals surface area contributed by atoms with Crippen LogP contribution in [0.2, 0.25) is 0 Å². The topological polar surface area (TPSA) is 41.1 Å². The highest BCUT2D eigenvalue weighted by Crippen LogP contribution is 2.22. The first kappa shape index (κ1) is 10.1. The summed E-state index contributed by atoms with van der Waals surface area (Å²) in [5, 5.41) is 5.52. The molecular formula is C10H18N2O. The van der Waals surface area contributed by atoms with Gasteiger partial charge in [0.25, 0.3) is 0 Å². The molecule has 3 nitrogen and oxygen atoms in total. The molecule has 0 saturated heterocycles. The summed E-state index contributed by atoms with van der Waals surface area (Å²) < 4.78 is 0. The minimum absolute atomic E-state index is 0.102. The smallest absolute Gasteiger partial charge is 0.318 e. The molecule has 74 valence electrons. The van der Waals surface area contributed by atoms with Crippen molar-refractivity contribution in [2.45, 2.75) is 45.6 Å². The third-order valence-electron chi connectivity index (χ3n) is 2.07. The lowest BCUT2D eigenvalue weighted by Crippen LogP contribution is -2.37. The van der Waals surface area contributed by atoms with Crippen LogP contribution in [0.4, 0.5) is 4.79 Å². The maximum atomic E-state index is 11.1. The van der Waals surface area contributed by atoms with Crippen molar-refractivity contribution in [3.63, 3.8) is 0 Å². The van der Waals surface area contributed by atoms with Crippen molar-refractivity contribution >= 4 is 6.03 Å². The van der Waals surface area contributed by atoms with E-state index in [1.807, 2.05) is 20.0 Å². The van der Waals surface area contributed by atoms with E-state index in [9.17, 15) is 4.79 Å². The first-order valence-electron chi connectivity index (χ1n) is 4.93. The van der Waals surface area contributed by atoms with E-state index in [-0.39, 0.29) is 12.1 Å². The Kier molecular flexibility index (Phi) is 3.80. The van der Waals surface area contributed by atoms with E-state index in [4.69, 9.17) is 0 Å². The summed E-state index contributed by atoms with van der Waals surface area (Å²) in [5.74, 6) is 0. The van der Waals surface area contributed by atoms with E-state index in [0.717, 1.165) is 12.8 Å². The van der Waals surface area contributed by atoms with Crippen molar-refractivity contribution in [1.82, 2.24) is 10.6 Å². The normalized spacial score (nSPS) is 16.1. The van der Waals surface area contributed by atoms with E-state index in [1.165, 1.54) is 18.4 Å². The molecule has 0 heterocycles. The second-order valence-electron chi connectivity index (χ2n) is 3.78. The van der Waals surface area contributed by atoms with Crippen LogP contribution in [0.25, 0.3) is 0 Å². The lowest BCUT2D eigenvalue weighted by molar-refractivity contribution is 0.242.